The third-order valence-electron chi connectivity index (χ3n) is 2.60. The zero-order chi connectivity index (χ0) is 13.9. The SMILES string of the molecule is CC1=C/C(=N\O)C(C(=O)/C=C(\C)N(C)C)C(=O)O1. The Morgan fingerprint density at radius 2 is 2.17 bits per heavy atom. The maximum absolute atomic E-state index is 12.0. The van der Waals surface area contributed by atoms with Crippen molar-refractivity contribution in [2.45, 2.75) is 13.8 Å². The summed E-state index contributed by atoms with van der Waals surface area (Å²) in [4.78, 5) is 25.4. The van der Waals surface area contributed by atoms with Gasteiger partial charge in [-0.05, 0) is 13.8 Å². The fraction of sp³-hybridized carbons (Fsp3) is 0.417. The fourth-order valence-corrected chi connectivity index (χ4v) is 1.43. The largest absolute Gasteiger partial charge is 0.430 e. The van der Waals surface area contributed by atoms with Crippen LogP contribution >= 0.6 is 0 Å². The highest BCUT2D eigenvalue weighted by molar-refractivity contribution is 6.26. The van der Waals surface area contributed by atoms with E-state index in [-0.39, 0.29) is 5.71 Å². The lowest BCUT2D eigenvalue weighted by atomic mass is 9.95. The average molecular weight is 252 g/mol. The highest BCUT2D eigenvalue weighted by Gasteiger charge is 2.35. The van der Waals surface area contributed by atoms with Gasteiger partial charge in [-0.1, -0.05) is 5.16 Å². The first-order valence-corrected chi connectivity index (χ1v) is 5.38. The Morgan fingerprint density at radius 1 is 1.56 bits per heavy atom. The molecule has 1 unspecified atom stereocenters. The molecule has 98 valence electrons. The van der Waals surface area contributed by atoms with Crippen molar-refractivity contribution in [1.82, 2.24) is 4.90 Å². The molecular formula is C12H16N2O4. The van der Waals surface area contributed by atoms with Gasteiger partial charge in [-0.3, -0.25) is 9.59 Å². The Hall–Kier alpha value is -2.11. The van der Waals surface area contributed by atoms with Crippen LogP contribution in [0.1, 0.15) is 13.8 Å². The summed E-state index contributed by atoms with van der Waals surface area (Å²) in [5.74, 6) is -2.10. The molecule has 0 radical (unpaired) electrons. The molecule has 1 aliphatic rings. The van der Waals surface area contributed by atoms with Crippen LogP contribution in [-0.4, -0.2) is 41.7 Å². The molecule has 0 aliphatic carbocycles. The van der Waals surface area contributed by atoms with Crippen molar-refractivity contribution < 1.29 is 19.5 Å². The first-order chi connectivity index (χ1) is 8.36. The number of hydrogen-bond acceptors (Lipinski definition) is 6. The van der Waals surface area contributed by atoms with E-state index >= 15 is 0 Å². The van der Waals surface area contributed by atoms with Gasteiger partial charge >= 0.3 is 5.97 Å². The van der Waals surface area contributed by atoms with Crippen LogP contribution in [0.25, 0.3) is 0 Å². The van der Waals surface area contributed by atoms with E-state index in [1.807, 2.05) is 0 Å². The molecule has 6 nitrogen and oxygen atoms in total. The van der Waals surface area contributed by atoms with E-state index in [0.29, 0.717) is 11.5 Å². The summed E-state index contributed by atoms with van der Waals surface area (Å²) >= 11 is 0. The third kappa shape index (κ3) is 2.97. The second kappa shape index (κ2) is 5.48. The lowest BCUT2D eigenvalue weighted by Gasteiger charge is -2.19. The Morgan fingerprint density at radius 3 is 2.67 bits per heavy atom. The number of oxime groups is 1. The Balaban J connectivity index is 3.05. The van der Waals surface area contributed by atoms with Gasteiger partial charge < -0.3 is 14.8 Å². The van der Waals surface area contributed by atoms with Crippen LogP contribution in [0.3, 0.4) is 0 Å². The van der Waals surface area contributed by atoms with Crippen LogP contribution in [0.5, 0.6) is 0 Å². The molecule has 1 heterocycles. The van der Waals surface area contributed by atoms with Crippen LogP contribution in [0.4, 0.5) is 0 Å². The van der Waals surface area contributed by atoms with Gasteiger partial charge in [0.1, 0.15) is 11.5 Å². The van der Waals surface area contributed by atoms with Gasteiger partial charge in [0.2, 0.25) is 0 Å². The van der Waals surface area contributed by atoms with Crippen LogP contribution in [0, 0.1) is 5.92 Å². The number of carbonyl (C=O) groups is 2. The molecule has 0 aromatic heterocycles. The van der Waals surface area contributed by atoms with Crippen molar-refractivity contribution in [3.05, 3.63) is 23.6 Å². The fourth-order valence-electron chi connectivity index (χ4n) is 1.43. The van der Waals surface area contributed by atoms with Crippen molar-refractivity contribution in [2.75, 3.05) is 14.1 Å². The zero-order valence-corrected chi connectivity index (χ0v) is 10.8. The van der Waals surface area contributed by atoms with Crippen molar-refractivity contribution in [1.29, 1.82) is 0 Å². The summed E-state index contributed by atoms with van der Waals surface area (Å²) < 4.78 is 4.86. The van der Waals surface area contributed by atoms with Crippen LogP contribution in [-0.2, 0) is 14.3 Å². The van der Waals surface area contributed by atoms with Gasteiger partial charge in [-0.25, -0.2) is 0 Å². The molecule has 0 saturated heterocycles. The van der Waals surface area contributed by atoms with Gasteiger partial charge in [-0.15, -0.1) is 0 Å². The quantitative estimate of drug-likeness (QED) is 0.266. The normalized spacial score (nSPS) is 22.6. The predicted octanol–water partition coefficient (Wildman–Crippen LogP) is 0.928. The molecular weight excluding hydrogens is 236 g/mol. The Bertz CT molecular complexity index is 461. The molecule has 0 aromatic carbocycles. The molecule has 0 saturated carbocycles. The first-order valence-electron chi connectivity index (χ1n) is 5.38. The number of cyclic esters (lactones) is 1. The molecule has 6 heteroatoms. The van der Waals surface area contributed by atoms with E-state index in [4.69, 9.17) is 9.94 Å². The number of nitrogens with zero attached hydrogens (tertiary/aromatic N) is 2. The molecule has 1 aliphatic heterocycles. The summed E-state index contributed by atoms with van der Waals surface area (Å²) in [6.45, 7) is 3.29. The van der Waals surface area contributed by atoms with Gasteiger partial charge in [-0.2, -0.15) is 0 Å². The van der Waals surface area contributed by atoms with Crippen molar-refractivity contribution >= 4 is 17.5 Å². The van der Waals surface area contributed by atoms with E-state index < -0.39 is 17.7 Å². The van der Waals surface area contributed by atoms with E-state index in [2.05, 4.69) is 5.16 Å². The van der Waals surface area contributed by atoms with E-state index in [9.17, 15) is 9.59 Å². The minimum Gasteiger partial charge on any atom is -0.430 e. The minimum atomic E-state index is -1.20. The first kappa shape index (κ1) is 14.0. The molecule has 0 bridgehead atoms. The number of ketones is 1. The van der Waals surface area contributed by atoms with E-state index in [1.165, 1.54) is 12.2 Å². The molecule has 0 fully saturated rings. The zero-order valence-electron chi connectivity index (χ0n) is 10.8. The number of carbonyl (C=O) groups excluding carboxylic acids is 2. The van der Waals surface area contributed by atoms with Crippen LogP contribution in [0.15, 0.2) is 28.8 Å². The summed E-state index contributed by atoms with van der Waals surface area (Å²) in [5.41, 5.74) is 0.688. The lowest BCUT2D eigenvalue weighted by molar-refractivity contribution is -0.144. The number of allylic oxidation sites excluding steroid dienone is 4. The molecule has 1 N–H and O–H groups in total. The second-order valence-electron chi connectivity index (χ2n) is 4.22. The van der Waals surface area contributed by atoms with Gasteiger partial charge in [0.25, 0.3) is 0 Å². The molecule has 1 atom stereocenters. The highest BCUT2D eigenvalue weighted by atomic mass is 16.5. The number of ether oxygens (including phenoxy) is 1. The second-order valence-corrected chi connectivity index (χ2v) is 4.22. The van der Waals surface area contributed by atoms with Crippen molar-refractivity contribution in [2.24, 2.45) is 11.1 Å². The summed E-state index contributed by atoms with van der Waals surface area (Å²) in [5, 5.41) is 11.8. The van der Waals surface area contributed by atoms with Crippen molar-refractivity contribution in [3.8, 4) is 0 Å². The summed E-state index contributed by atoms with van der Waals surface area (Å²) in [6, 6.07) is 0. The monoisotopic (exact) mass is 252 g/mol. The maximum Gasteiger partial charge on any atom is 0.328 e. The highest BCUT2D eigenvalue weighted by Crippen LogP contribution is 2.18. The summed E-state index contributed by atoms with van der Waals surface area (Å²) in [6.07, 6.45) is 2.69. The molecule has 1 rings (SSSR count). The average Bonchev–Trinajstić information content (AvgIpc) is 2.27. The lowest BCUT2D eigenvalue weighted by Crippen LogP contribution is -2.35. The molecule has 18 heavy (non-hydrogen) atoms. The number of esters is 1. The Kier molecular flexibility index (Phi) is 4.25. The smallest absolute Gasteiger partial charge is 0.328 e. The molecule has 0 amide bonds. The minimum absolute atomic E-state index is 0.00319. The van der Waals surface area contributed by atoms with E-state index in [0.717, 1.165) is 0 Å². The van der Waals surface area contributed by atoms with Crippen molar-refractivity contribution in [3.63, 3.8) is 0 Å². The number of rotatable bonds is 3. The van der Waals surface area contributed by atoms with Crippen LogP contribution in [0.2, 0.25) is 0 Å². The topological polar surface area (TPSA) is 79.2 Å². The summed E-state index contributed by atoms with van der Waals surface area (Å²) in [7, 11) is 3.56. The standard InChI is InChI=1S/C12H16N2O4/c1-7(14(3)4)5-10(15)11-9(13-17)6-8(2)18-12(11)16/h5-6,11,17H,1-4H3/b7-5+,13-9+. The number of hydrogen-bond donors (Lipinski definition) is 1. The molecule has 0 aromatic rings. The maximum atomic E-state index is 12.0. The van der Waals surface area contributed by atoms with Gasteiger partial charge in [0.15, 0.2) is 11.7 Å². The Labute approximate surface area is 105 Å². The third-order valence-corrected chi connectivity index (χ3v) is 2.60. The van der Waals surface area contributed by atoms with Gasteiger partial charge in [0.05, 0.1) is 0 Å². The van der Waals surface area contributed by atoms with E-state index in [1.54, 1.807) is 32.8 Å². The van der Waals surface area contributed by atoms with Crippen LogP contribution < -0.4 is 0 Å². The van der Waals surface area contributed by atoms with Gasteiger partial charge in [0, 0.05) is 31.9 Å². The molecule has 0 spiro atoms. The predicted molar refractivity (Wildman–Crippen MR) is 65.0 cm³/mol.